The summed E-state index contributed by atoms with van der Waals surface area (Å²) in [4.78, 5) is 16.1. The summed E-state index contributed by atoms with van der Waals surface area (Å²) in [6.45, 7) is 3.55. The van der Waals surface area contributed by atoms with Crippen LogP contribution < -0.4 is 15.8 Å². The molecule has 1 aliphatic carbocycles. The van der Waals surface area contributed by atoms with Gasteiger partial charge in [0.25, 0.3) is 0 Å². The first-order valence-corrected chi connectivity index (χ1v) is 7.57. The first-order valence-electron chi connectivity index (χ1n) is 7.57. The number of ether oxygens (including phenoxy) is 1. The lowest BCUT2D eigenvalue weighted by atomic mass is 10.1. The molecule has 23 heavy (non-hydrogen) atoms. The predicted molar refractivity (Wildman–Crippen MR) is 83.9 cm³/mol. The minimum atomic E-state index is -0.924. The summed E-state index contributed by atoms with van der Waals surface area (Å²) < 4.78 is 10.8. The summed E-state index contributed by atoms with van der Waals surface area (Å²) in [5, 5.41) is 6.64. The van der Waals surface area contributed by atoms with Gasteiger partial charge in [-0.05, 0) is 51.0 Å². The molecule has 2 aromatic rings. The Bertz CT molecular complexity index is 684. The Balaban J connectivity index is 1.53. The van der Waals surface area contributed by atoms with E-state index < -0.39 is 5.54 Å². The Morgan fingerprint density at radius 1 is 1.39 bits per heavy atom. The lowest BCUT2D eigenvalue weighted by Gasteiger charge is -2.17. The second-order valence-electron chi connectivity index (χ2n) is 6.31. The topological polar surface area (TPSA) is 103 Å². The van der Waals surface area contributed by atoms with E-state index in [0.717, 1.165) is 12.8 Å². The number of benzene rings is 1. The number of amides is 1. The Morgan fingerprint density at radius 3 is 2.70 bits per heavy atom. The molecule has 1 heterocycles. The molecule has 1 fully saturated rings. The first kappa shape index (κ1) is 15.5. The molecule has 0 spiro atoms. The number of carbonyl (C=O) groups excluding carboxylic acids is 1. The molecule has 0 bridgehead atoms. The van der Waals surface area contributed by atoms with E-state index >= 15 is 0 Å². The molecule has 1 aromatic carbocycles. The molecule has 3 rings (SSSR count). The number of aromatic nitrogens is 2. The van der Waals surface area contributed by atoms with Gasteiger partial charge in [0.1, 0.15) is 5.75 Å². The number of nitrogens with two attached hydrogens (primary N) is 1. The Hall–Kier alpha value is -2.41. The largest absolute Gasteiger partial charge is 0.485 e. The van der Waals surface area contributed by atoms with Gasteiger partial charge in [0, 0.05) is 11.6 Å². The van der Waals surface area contributed by atoms with E-state index in [1.54, 1.807) is 38.1 Å². The molecule has 0 aliphatic heterocycles. The maximum atomic E-state index is 11.8. The zero-order valence-electron chi connectivity index (χ0n) is 13.2. The van der Waals surface area contributed by atoms with Gasteiger partial charge in [-0.3, -0.25) is 4.79 Å². The summed E-state index contributed by atoms with van der Waals surface area (Å²) in [7, 11) is 0. The molecule has 1 amide bonds. The maximum Gasteiger partial charge on any atom is 0.243 e. The van der Waals surface area contributed by atoms with Crippen LogP contribution in [0.5, 0.6) is 5.75 Å². The third kappa shape index (κ3) is 4.07. The Kier molecular flexibility index (Phi) is 4.04. The minimum Gasteiger partial charge on any atom is -0.485 e. The third-order valence-corrected chi connectivity index (χ3v) is 3.48. The van der Waals surface area contributed by atoms with Gasteiger partial charge in [0.2, 0.25) is 17.6 Å². The lowest BCUT2D eigenvalue weighted by molar-refractivity contribution is -0.120. The fourth-order valence-electron chi connectivity index (χ4n) is 1.90. The molecule has 7 nitrogen and oxygen atoms in total. The van der Waals surface area contributed by atoms with E-state index in [1.807, 2.05) is 0 Å². The monoisotopic (exact) mass is 316 g/mol. The molecular weight excluding hydrogens is 296 g/mol. The summed E-state index contributed by atoms with van der Waals surface area (Å²) in [5.41, 5.74) is 5.48. The second kappa shape index (κ2) is 6.00. The van der Waals surface area contributed by atoms with E-state index in [1.165, 1.54) is 0 Å². The molecule has 1 aromatic heterocycles. The van der Waals surface area contributed by atoms with E-state index in [4.69, 9.17) is 15.0 Å². The van der Waals surface area contributed by atoms with Crippen LogP contribution in [0.15, 0.2) is 28.8 Å². The zero-order chi connectivity index (χ0) is 16.4. The molecule has 0 unspecified atom stereocenters. The van der Waals surface area contributed by atoms with Gasteiger partial charge in [-0.25, -0.2) is 0 Å². The van der Waals surface area contributed by atoms with Crippen LogP contribution in [-0.4, -0.2) is 21.6 Å². The molecule has 0 atom stereocenters. The Morgan fingerprint density at radius 2 is 2.09 bits per heavy atom. The molecular formula is C16H20N4O3. The van der Waals surface area contributed by atoms with Gasteiger partial charge in [0.15, 0.2) is 6.61 Å². The summed E-state index contributed by atoms with van der Waals surface area (Å²) in [6, 6.07) is 7.04. The van der Waals surface area contributed by atoms with Crippen molar-refractivity contribution in [3.8, 4) is 5.75 Å². The maximum absolute atomic E-state index is 11.8. The third-order valence-electron chi connectivity index (χ3n) is 3.48. The van der Waals surface area contributed by atoms with Crippen LogP contribution in [0.25, 0.3) is 0 Å². The fraction of sp³-hybridized carbons (Fsp3) is 0.438. The highest BCUT2D eigenvalue weighted by molar-refractivity contribution is 5.97. The van der Waals surface area contributed by atoms with Gasteiger partial charge >= 0.3 is 0 Å². The van der Waals surface area contributed by atoms with Crippen molar-refractivity contribution in [1.29, 1.82) is 0 Å². The smallest absolute Gasteiger partial charge is 0.243 e. The van der Waals surface area contributed by atoms with Crippen molar-refractivity contribution < 1.29 is 14.1 Å². The highest BCUT2D eigenvalue weighted by Crippen LogP contribution is 2.38. The van der Waals surface area contributed by atoms with Crippen LogP contribution in [-0.2, 0) is 11.4 Å². The highest BCUT2D eigenvalue weighted by atomic mass is 16.5. The number of nitrogens with one attached hydrogen (secondary N) is 1. The molecule has 122 valence electrons. The number of anilines is 1. The quantitative estimate of drug-likeness (QED) is 0.847. The SMILES string of the molecule is CC(C)(N)C(=O)Nc1ccc(OCc2noc(C3CC3)n2)cc1. The molecule has 0 saturated heterocycles. The van der Waals surface area contributed by atoms with Crippen LogP contribution in [0.3, 0.4) is 0 Å². The van der Waals surface area contributed by atoms with Crippen molar-refractivity contribution in [3.05, 3.63) is 36.0 Å². The van der Waals surface area contributed by atoms with Gasteiger partial charge in [-0.2, -0.15) is 4.98 Å². The molecule has 1 saturated carbocycles. The summed E-state index contributed by atoms with van der Waals surface area (Å²) >= 11 is 0. The molecule has 1 aliphatic rings. The van der Waals surface area contributed by atoms with Crippen molar-refractivity contribution in [2.24, 2.45) is 5.73 Å². The average molecular weight is 316 g/mol. The van der Waals surface area contributed by atoms with E-state index in [0.29, 0.717) is 29.1 Å². The molecule has 0 radical (unpaired) electrons. The molecule has 3 N–H and O–H groups in total. The lowest BCUT2D eigenvalue weighted by Crippen LogP contribution is -2.45. The highest BCUT2D eigenvalue weighted by Gasteiger charge is 2.29. The van der Waals surface area contributed by atoms with Gasteiger partial charge in [0.05, 0.1) is 5.54 Å². The van der Waals surface area contributed by atoms with Crippen LogP contribution >= 0.6 is 0 Å². The summed E-state index contributed by atoms with van der Waals surface area (Å²) in [6.07, 6.45) is 2.24. The van der Waals surface area contributed by atoms with Gasteiger partial charge in [-0.15, -0.1) is 0 Å². The molecule has 7 heteroatoms. The Labute approximate surface area is 134 Å². The van der Waals surface area contributed by atoms with E-state index in [2.05, 4.69) is 15.5 Å². The van der Waals surface area contributed by atoms with Gasteiger partial charge in [-0.1, -0.05) is 5.16 Å². The standard InChI is InChI=1S/C16H20N4O3/c1-16(2,17)15(21)18-11-5-7-12(8-6-11)22-9-13-19-14(23-20-13)10-3-4-10/h5-8,10H,3-4,9,17H2,1-2H3,(H,18,21). The van der Waals surface area contributed by atoms with Gasteiger partial charge < -0.3 is 20.3 Å². The van der Waals surface area contributed by atoms with Crippen LogP contribution in [0.4, 0.5) is 5.69 Å². The van der Waals surface area contributed by atoms with Crippen LogP contribution in [0.1, 0.15) is 44.3 Å². The van der Waals surface area contributed by atoms with E-state index in [9.17, 15) is 4.79 Å². The number of nitrogens with zero attached hydrogens (tertiary/aromatic N) is 2. The number of rotatable bonds is 6. The normalized spacial score (nSPS) is 14.6. The number of hydrogen-bond donors (Lipinski definition) is 2. The zero-order valence-corrected chi connectivity index (χ0v) is 13.2. The first-order chi connectivity index (χ1) is 10.9. The fourth-order valence-corrected chi connectivity index (χ4v) is 1.90. The van der Waals surface area contributed by atoms with Crippen molar-refractivity contribution in [2.45, 2.75) is 44.8 Å². The van der Waals surface area contributed by atoms with Crippen molar-refractivity contribution >= 4 is 11.6 Å². The minimum absolute atomic E-state index is 0.245. The second-order valence-corrected chi connectivity index (χ2v) is 6.31. The van der Waals surface area contributed by atoms with E-state index in [-0.39, 0.29) is 12.5 Å². The number of carbonyl (C=O) groups is 1. The van der Waals surface area contributed by atoms with Crippen molar-refractivity contribution in [3.63, 3.8) is 0 Å². The van der Waals surface area contributed by atoms with Crippen molar-refractivity contribution in [1.82, 2.24) is 10.1 Å². The number of hydrogen-bond acceptors (Lipinski definition) is 6. The van der Waals surface area contributed by atoms with Crippen LogP contribution in [0, 0.1) is 0 Å². The predicted octanol–water partition coefficient (Wildman–Crippen LogP) is 2.20. The summed E-state index contributed by atoms with van der Waals surface area (Å²) in [5.74, 6) is 2.09. The van der Waals surface area contributed by atoms with Crippen LogP contribution in [0.2, 0.25) is 0 Å². The van der Waals surface area contributed by atoms with Crippen molar-refractivity contribution in [2.75, 3.05) is 5.32 Å². The average Bonchev–Trinajstić information content (AvgIpc) is 3.25.